The fourth-order valence-corrected chi connectivity index (χ4v) is 6.14. The number of fused-ring (bicyclic) bond motifs is 1. The van der Waals surface area contributed by atoms with Gasteiger partial charge in [0.05, 0.1) is 29.8 Å². The fourth-order valence-electron chi connectivity index (χ4n) is 5.96. The van der Waals surface area contributed by atoms with E-state index < -0.39 is 24.7 Å². The Morgan fingerprint density at radius 2 is 2.00 bits per heavy atom. The highest BCUT2D eigenvalue weighted by Gasteiger charge is 2.70. The second-order valence-corrected chi connectivity index (χ2v) is 10.6. The summed E-state index contributed by atoms with van der Waals surface area (Å²) in [5.74, 6) is 0.189. The normalized spacial score (nSPS) is 35.8. The second kappa shape index (κ2) is 7.35. The molecule has 0 spiro atoms. The van der Waals surface area contributed by atoms with Crippen LogP contribution in [0, 0.1) is 0 Å². The molecule has 1 aromatic heterocycles. The molecule has 1 aromatic carbocycles. The number of aromatic nitrogens is 2. The lowest BCUT2D eigenvalue weighted by Crippen LogP contribution is -2.79. The van der Waals surface area contributed by atoms with E-state index in [4.69, 9.17) is 16.3 Å². The van der Waals surface area contributed by atoms with Gasteiger partial charge < -0.3 is 19.7 Å². The lowest BCUT2D eigenvalue weighted by molar-refractivity contribution is -0.351. The van der Waals surface area contributed by atoms with Gasteiger partial charge in [-0.15, -0.1) is 13.2 Å². The van der Waals surface area contributed by atoms with Crippen molar-refractivity contribution in [3.8, 4) is 5.75 Å². The van der Waals surface area contributed by atoms with Crippen molar-refractivity contribution in [2.45, 2.75) is 80.2 Å². The van der Waals surface area contributed by atoms with Gasteiger partial charge in [-0.25, -0.2) is 4.98 Å². The molecule has 2 aromatic rings. The van der Waals surface area contributed by atoms with Crippen molar-refractivity contribution >= 4 is 17.5 Å². The van der Waals surface area contributed by atoms with Crippen molar-refractivity contribution in [3.05, 3.63) is 47.0 Å². The van der Waals surface area contributed by atoms with Gasteiger partial charge in [-0.3, -0.25) is 9.53 Å². The van der Waals surface area contributed by atoms with Gasteiger partial charge in [0.25, 0.3) is 5.91 Å². The maximum absolute atomic E-state index is 12.9. The zero-order valence-corrected chi connectivity index (χ0v) is 18.8. The van der Waals surface area contributed by atoms with E-state index in [1.165, 1.54) is 0 Å². The second-order valence-electron chi connectivity index (χ2n) is 10.1. The van der Waals surface area contributed by atoms with Crippen molar-refractivity contribution in [1.82, 2.24) is 14.9 Å². The van der Waals surface area contributed by atoms with Crippen molar-refractivity contribution in [1.29, 1.82) is 0 Å². The highest BCUT2D eigenvalue weighted by Crippen LogP contribution is 2.65. The predicted octanol–water partition coefficient (Wildman–Crippen LogP) is 3.95. The Labute approximate surface area is 198 Å². The number of halogens is 4. The van der Waals surface area contributed by atoms with E-state index in [1.807, 2.05) is 10.8 Å². The predicted molar refractivity (Wildman–Crippen MR) is 113 cm³/mol. The number of alkyl halides is 3. The lowest BCUT2D eigenvalue weighted by atomic mass is 9.44. The number of hydrogen-bond acceptors (Lipinski definition) is 5. The summed E-state index contributed by atoms with van der Waals surface area (Å²) >= 11 is 5.98. The van der Waals surface area contributed by atoms with E-state index in [1.54, 1.807) is 24.5 Å². The molecule has 2 heterocycles. The number of hydrogen-bond donors (Lipinski definition) is 2. The number of carbonyl (C=O) groups is 1. The van der Waals surface area contributed by atoms with Crippen LogP contribution in [0.5, 0.6) is 5.75 Å². The number of benzene rings is 1. The zero-order chi connectivity index (χ0) is 23.9. The van der Waals surface area contributed by atoms with Crippen LogP contribution in [0.2, 0.25) is 5.02 Å². The van der Waals surface area contributed by atoms with E-state index in [-0.39, 0.29) is 29.3 Å². The topological polar surface area (TPSA) is 85.6 Å². The number of nitrogens with zero attached hydrogens (tertiary/aromatic N) is 2. The van der Waals surface area contributed by atoms with Gasteiger partial charge in [0.15, 0.2) is 6.10 Å². The fraction of sp³-hybridized carbons (Fsp3) is 0.565. The Morgan fingerprint density at radius 3 is 2.71 bits per heavy atom. The van der Waals surface area contributed by atoms with E-state index in [2.05, 4.69) is 15.0 Å². The number of ether oxygens (including phenoxy) is 2. The van der Waals surface area contributed by atoms with E-state index in [0.29, 0.717) is 29.2 Å². The monoisotopic (exact) mass is 497 g/mol. The molecule has 182 valence electrons. The molecule has 2 atom stereocenters. The van der Waals surface area contributed by atoms with Crippen LogP contribution in [0.4, 0.5) is 13.2 Å². The van der Waals surface area contributed by atoms with Crippen molar-refractivity contribution < 1.29 is 32.5 Å². The van der Waals surface area contributed by atoms with Gasteiger partial charge in [0.2, 0.25) is 0 Å². The number of aliphatic hydroxyl groups is 1. The molecule has 4 aliphatic carbocycles. The van der Waals surface area contributed by atoms with Gasteiger partial charge in [-0.1, -0.05) is 11.6 Å². The van der Waals surface area contributed by atoms with Crippen LogP contribution < -0.4 is 10.1 Å². The summed E-state index contributed by atoms with van der Waals surface area (Å²) < 4.78 is 48.9. The first-order chi connectivity index (χ1) is 16.0. The van der Waals surface area contributed by atoms with E-state index >= 15 is 0 Å². The minimum absolute atomic E-state index is 0.0257. The molecule has 0 saturated heterocycles. The summed E-state index contributed by atoms with van der Waals surface area (Å²) in [5.41, 5.74) is 0.964. The third kappa shape index (κ3) is 3.67. The molecule has 11 heteroatoms. The number of nitrogens with one attached hydrogen (secondary N) is 1. The summed E-state index contributed by atoms with van der Waals surface area (Å²) in [6.45, 7) is 0. The summed E-state index contributed by atoms with van der Waals surface area (Å²) in [4.78, 5) is 17.3. The average molecular weight is 498 g/mol. The summed E-state index contributed by atoms with van der Waals surface area (Å²) in [6.07, 6.45) is -0.291. The number of rotatable bonds is 5. The summed E-state index contributed by atoms with van der Waals surface area (Å²) in [6, 6.07) is 4.96. The van der Waals surface area contributed by atoms with Crippen LogP contribution >= 0.6 is 11.6 Å². The quantitative estimate of drug-likeness (QED) is 0.653. The first-order valence-corrected chi connectivity index (χ1v) is 11.7. The maximum atomic E-state index is 12.9. The molecule has 2 bridgehead atoms. The molecule has 7 rings (SSSR count). The molecular weight excluding hydrogens is 475 g/mol. The van der Waals surface area contributed by atoms with Gasteiger partial charge in [0.1, 0.15) is 5.75 Å². The van der Waals surface area contributed by atoms with Crippen molar-refractivity contribution in [2.75, 3.05) is 0 Å². The van der Waals surface area contributed by atoms with Gasteiger partial charge in [0, 0.05) is 34.7 Å². The smallest absolute Gasteiger partial charge is 0.480 e. The molecule has 1 aliphatic heterocycles. The molecule has 2 N–H and O–H groups in total. The number of carbonyl (C=O) groups excluding carboxylic acids is 1. The highest BCUT2D eigenvalue weighted by atomic mass is 35.5. The SMILES string of the molecule is O=C(NC12CC(n3cnc([C@H]4C[C@@H](OC(F)(F)F)C4)c3)(C1)C2)[C@H]1C[C@@H](O)c2cc(Cl)ccc2O1. The Morgan fingerprint density at radius 1 is 1.26 bits per heavy atom. The minimum atomic E-state index is -4.60. The number of aliphatic hydroxyl groups excluding tert-OH is 1. The Bertz CT molecular complexity index is 1130. The van der Waals surface area contributed by atoms with Crippen molar-refractivity contribution in [2.24, 2.45) is 0 Å². The lowest BCUT2D eigenvalue weighted by Gasteiger charge is -2.70. The van der Waals surface area contributed by atoms with E-state index in [9.17, 15) is 23.1 Å². The van der Waals surface area contributed by atoms with Crippen LogP contribution in [0.25, 0.3) is 0 Å². The first kappa shape index (κ1) is 22.2. The third-order valence-corrected chi connectivity index (χ3v) is 7.92. The van der Waals surface area contributed by atoms with Crippen LogP contribution in [-0.4, -0.2) is 44.7 Å². The molecule has 34 heavy (non-hydrogen) atoms. The van der Waals surface area contributed by atoms with E-state index in [0.717, 1.165) is 25.0 Å². The molecule has 4 fully saturated rings. The van der Waals surface area contributed by atoms with Crippen LogP contribution in [0.3, 0.4) is 0 Å². The van der Waals surface area contributed by atoms with Crippen LogP contribution in [0.1, 0.15) is 61.8 Å². The molecular formula is C23H23ClF3N3O4. The molecule has 0 unspecified atom stereocenters. The van der Waals surface area contributed by atoms with Gasteiger partial charge in [-0.2, -0.15) is 0 Å². The van der Waals surface area contributed by atoms with Gasteiger partial charge in [-0.05, 0) is 50.3 Å². The number of amides is 1. The molecule has 4 saturated carbocycles. The Kier molecular flexibility index (Phi) is 4.80. The Balaban J connectivity index is 1.03. The largest absolute Gasteiger partial charge is 0.522 e. The van der Waals surface area contributed by atoms with Crippen LogP contribution in [-0.2, 0) is 15.1 Å². The zero-order valence-electron chi connectivity index (χ0n) is 18.0. The average Bonchev–Trinajstić information content (AvgIpc) is 3.14. The van der Waals surface area contributed by atoms with Gasteiger partial charge >= 0.3 is 6.36 Å². The highest BCUT2D eigenvalue weighted by molar-refractivity contribution is 6.30. The summed E-state index contributed by atoms with van der Waals surface area (Å²) in [7, 11) is 0. The molecule has 0 radical (unpaired) electrons. The Hall–Kier alpha value is -2.30. The van der Waals surface area contributed by atoms with Crippen molar-refractivity contribution in [3.63, 3.8) is 0 Å². The molecule has 7 nitrogen and oxygen atoms in total. The first-order valence-electron chi connectivity index (χ1n) is 11.3. The number of imidazole rings is 1. The third-order valence-electron chi connectivity index (χ3n) is 7.68. The minimum Gasteiger partial charge on any atom is -0.480 e. The molecule has 5 aliphatic rings. The standard InChI is InChI=1S/C23H23ClF3N3O4/c24-13-1-2-18-15(5-13)17(31)6-19(33-18)20(32)29-21-8-22(9-21,10-21)30-7-16(28-11-30)12-3-14(4-12)34-23(25,26)27/h1-2,5,7,11-12,14,17,19,31H,3-4,6,8-10H2,(H,29,32)/t12-,14+,17-,19-,21?,22?/m1/s1. The maximum Gasteiger partial charge on any atom is 0.522 e. The molecule has 1 amide bonds. The van der Waals surface area contributed by atoms with Crippen LogP contribution in [0.15, 0.2) is 30.7 Å². The summed E-state index contributed by atoms with van der Waals surface area (Å²) in [5, 5.41) is 14.0.